The normalized spacial score (nSPS) is 20.6. The summed E-state index contributed by atoms with van der Waals surface area (Å²) in [5.74, 6) is -0.908. The second-order valence-corrected chi connectivity index (χ2v) is 6.26. The third kappa shape index (κ3) is 4.37. The van der Waals surface area contributed by atoms with Crippen LogP contribution in [0.2, 0.25) is 0 Å². The molecule has 2 amide bonds. The Balaban J connectivity index is 2.65. The molecule has 0 aromatic carbocycles. The quantitative estimate of drug-likeness (QED) is 0.818. The standard InChI is InChI=1S/C14H27N3O3/c1-14(2,16(3)4)10-15-13(20)17-9-7-5-6-8-11(17)12(18)19/h11H,5-10H2,1-4H3,(H,15,20)(H,18,19). The molecule has 1 fully saturated rings. The molecule has 1 heterocycles. The maximum absolute atomic E-state index is 12.3. The summed E-state index contributed by atoms with van der Waals surface area (Å²) in [5.41, 5.74) is -0.166. The van der Waals surface area contributed by atoms with Gasteiger partial charge in [-0.3, -0.25) is 0 Å². The van der Waals surface area contributed by atoms with Gasteiger partial charge in [0.2, 0.25) is 0 Å². The van der Waals surface area contributed by atoms with Crippen molar-refractivity contribution in [2.24, 2.45) is 0 Å². The zero-order valence-electron chi connectivity index (χ0n) is 13.0. The van der Waals surface area contributed by atoms with E-state index in [1.54, 1.807) is 0 Å². The van der Waals surface area contributed by atoms with Crippen molar-refractivity contribution in [3.05, 3.63) is 0 Å². The minimum absolute atomic E-state index is 0.166. The topological polar surface area (TPSA) is 72.9 Å². The van der Waals surface area contributed by atoms with Crippen molar-refractivity contribution in [1.82, 2.24) is 15.1 Å². The molecule has 6 nitrogen and oxygen atoms in total. The Hall–Kier alpha value is -1.30. The van der Waals surface area contributed by atoms with Gasteiger partial charge in [-0.25, -0.2) is 9.59 Å². The smallest absolute Gasteiger partial charge is 0.326 e. The molecule has 1 saturated heterocycles. The summed E-state index contributed by atoms with van der Waals surface area (Å²) < 4.78 is 0. The summed E-state index contributed by atoms with van der Waals surface area (Å²) in [6, 6.07) is -0.964. The van der Waals surface area contributed by atoms with E-state index in [-0.39, 0.29) is 11.6 Å². The van der Waals surface area contributed by atoms with Gasteiger partial charge in [0, 0.05) is 18.6 Å². The summed E-state index contributed by atoms with van der Waals surface area (Å²) in [5, 5.41) is 12.1. The summed E-state index contributed by atoms with van der Waals surface area (Å²) in [6.07, 6.45) is 3.26. The van der Waals surface area contributed by atoms with Gasteiger partial charge in [0.1, 0.15) is 6.04 Å². The zero-order valence-corrected chi connectivity index (χ0v) is 13.0. The van der Waals surface area contributed by atoms with Gasteiger partial charge >= 0.3 is 12.0 Å². The second-order valence-electron chi connectivity index (χ2n) is 6.26. The molecule has 0 bridgehead atoms. The molecule has 6 heteroatoms. The molecule has 1 aliphatic heterocycles. The number of rotatable bonds is 4. The summed E-state index contributed by atoms with van der Waals surface area (Å²) in [6.45, 7) is 5.07. The first-order valence-corrected chi connectivity index (χ1v) is 7.20. The van der Waals surface area contributed by atoms with Gasteiger partial charge in [0.15, 0.2) is 0 Å². The molecule has 116 valence electrons. The SMILES string of the molecule is CN(C)C(C)(C)CNC(=O)N1CCCCCC1C(=O)O. The average Bonchev–Trinajstić information content (AvgIpc) is 2.61. The maximum atomic E-state index is 12.3. The van der Waals surface area contributed by atoms with E-state index in [0.29, 0.717) is 19.5 Å². The number of hydrogen-bond donors (Lipinski definition) is 2. The summed E-state index contributed by atoms with van der Waals surface area (Å²) >= 11 is 0. The Morgan fingerprint density at radius 3 is 2.50 bits per heavy atom. The molecule has 1 aliphatic rings. The molecule has 0 saturated carbocycles. The molecular weight excluding hydrogens is 258 g/mol. The molecule has 0 aromatic rings. The molecule has 0 aromatic heterocycles. The van der Waals surface area contributed by atoms with Crippen LogP contribution >= 0.6 is 0 Å². The number of nitrogens with zero attached hydrogens (tertiary/aromatic N) is 2. The van der Waals surface area contributed by atoms with E-state index in [4.69, 9.17) is 0 Å². The van der Waals surface area contributed by atoms with E-state index in [1.807, 2.05) is 32.8 Å². The van der Waals surface area contributed by atoms with E-state index >= 15 is 0 Å². The van der Waals surface area contributed by atoms with Crippen LogP contribution in [0.1, 0.15) is 39.5 Å². The molecule has 20 heavy (non-hydrogen) atoms. The highest BCUT2D eigenvalue weighted by atomic mass is 16.4. The van der Waals surface area contributed by atoms with Crippen LogP contribution in [0.5, 0.6) is 0 Å². The van der Waals surface area contributed by atoms with Gasteiger partial charge < -0.3 is 20.2 Å². The number of urea groups is 1. The van der Waals surface area contributed by atoms with Crippen molar-refractivity contribution < 1.29 is 14.7 Å². The number of carbonyl (C=O) groups is 2. The molecule has 0 radical (unpaired) electrons. The lowest BCUT2D eigenvalue weighted by Crippen LogP contribution is -2.54. The zero-order chi connectivity index (χ0) is 15.3. The Bertz CT molecular complexity index is 356. The van der Waals surface area contributed by atoms with E-state index in [0.717, 1.165) is 19.3 Å². The van der Waals surface area contributed by atoms with Crippen LogP contribution in [0, 0.1) is 0 Å². The first kappa shape index (κ1) is 16.8. The van der Waals surface area contributed by atoms with Crippen LogP contribution in [0.3, 0.4) is 0 Å². The van der Waals surface area contributed by atoms with Crippen LogP contribution < -0.4 is 5.32 Å². The number of carboxylic acids is 1. The van der Waals surface area contributed by atoms with Crippen molar-refractivity contribution in [3.8, 4) is 0 Å². The lowest BCUT2D eigenvalue weighted by molar-refractivity contribution is -0.142. The Morgan fingerprint density at radius 2 is 1.95 bits per heavy atom. The highest BCUT2D eigenvalue weighted by molar-refractivity contribution is 5.82. The molecular formula is C14H27N3O3. The fraction of sp³-hybridized carbons (Fsp3) is 0.857. The van der Waals surface area contributed by atoms with E-state index < -0.39 is 12.0 Å². The Morgan fingerprint density at radius 1 is 1.30 bits per heavy atom. The Kier molecular flexibility index (Phi) is 5.80. The fourth-order valence-corrected chi connectivity index (χ4v) is 2.16. The van der Waals surface area contributed by atoms with E-state index in [9.17, 15) is 14.7 Å². The number of aliphatic carboxylic acids is 1. The fourth-order valence-electron chi connectivity index (χ4n) is 2.16. The maximum Gasteiger partial charge on any atom is 0.326 e. The van der Waals surface area contributed by atoms with Crippen LogP contribution in [0.25, 0.3) is 0 Å². The molecule has 1 rings (SSSR count). The predicted octanol–water partition coefficient (Wildman–Crippen LogP) is 1.37. The van der Waals surface area contributed by atoms with Crippen molar-refractivity contribution in [2.75, 3.05) is 27.2 Å². The first-order valence-electron chi connectivity index (χ1n) is 7.20. The third-order valence-corrected chi connectivity index (χ3v) is 4.18. The van der Waals surface area contributed by atoms with Crippen molar-refractivity contribution in [1.29, 1.82) is 0 Å². The average molecular weight is 285 g/mol. The Labute approximate surface area is 121 Å². The number of carboxylic acid groups (broad SMARTS) is 1. The molecule has 2 N–H and O–H groups in total. The number of amides is 2. The minimum atomic E-state index is -0.908. The largest absolute Gasteiger partial charge is 0.480 e. The monoisotopic (exact) mass is 285 g/mol. The van der Waals surface area contributed by atoms with E-state index in [1.165, 1.54) is 4.90 Å². The predicted molar refractivity (Wildman–Crippen MR) is 77.8 cm³/mol. The minimum Gasteiger partial charge on any atom is -0.480 e. The summed E-state index contributed by atoms with van der Waals surface area (Å²) in [4.78, 5) is 27.1. The second kappa shape index (κ2) is 6.92. The first-order chi connectivity index (χ1) is 9.25. The van der Waals surface area contributed by atoms with Gasteiger partial charge in [-0.2, -0.15) is 0 Å². The van der Waals surface area contributed by atoms with Crippen LogP contribution in [-0.4, -0.2) is 65.7 Å². The number of carbonyl (C=O) groups excluding carboxylic acids is 1. The van der Waals surface area contributed by atoms with Gasteiger partial charge in [-0.05, 0) is 40.8 Å². The highest BCUT2D eigenvalue weighted by Gasteiger charge is 2.31. The molecule has 0 aliphatic carbocycles. The number of likely N-dealkylation sites (N-methyl/N-ethyl adjacent to an activating group) is 1. The van der Waals surface area contributed by atoms with Crippen LogP contribution in [-0.2, 0) is 4.79 Å². The lowest BCUT2D eigenvalue weighted by Gasteiger charge is -2.34. The number of nitrogens with one attached hydrogen (secondary N) is 1. The van der Waals surface area contributed by atoms with Crippen LogP contribution in [0.15, 0.2) is 0 Å². The molecule has 1 unspecified atom stereocenters. The number of likely N-dealkylation sites (tertiary alicyclic amines) is 1. The lowest BCUT2D eigenvalue weighted by atomic mass is 10.0. The van der Waals surface area contributed by atoms with Crippen molar-refractivity contribution >= 4 is 12.0 Å². The van der Waals surface area contributed by atoms with Crippen LogP contribution in [0.4, 0.5) is 4.79 Å². The molecule has 0 spiro atoms. The highest BCUT2D eigenvalue weighted by Crippen LogP contribution is 2.17. The van der Waals surface area contributed by atoms with Gasteiger partial charge in [-0.15, -0.1) is 0 Å². The number of hydrogen-bond acceptors (Lipinski definition) is 3. The van der Waals surface area contributed by atoms with Gasteiger partial charge in [-0.1, -0.05) is 12.8 Å². The van der Waals surface area contributed by atoms with Gasteiger partial charge in [0.25, 0.3) is 0 Å². The van der Waals surface area contributed by atoms with Crippen molar-refractivity contribution in [2.45, 2.75) is 51.1 Å². The van der Waals surface area contributed by atoms with Crippen molar-refractivity contribution in [3.63, 3.8) is 0 Å². The third-order valence-electron chi connectivity index (χ3n) is 4.18. The van der Waals surface area contributed by atoms with E-state index in [2.05, 4.69) is 5.32 Å². The van der Waals surface area contributed by atoms with Gasteiger partial charge in [0.05, 0.1) is 0 Å². The molecule has 1 atom stereocenters. The summed E-state index contributed by atoms with van der Waals surface area (Å²) in [7, 11) is 3.91.